The van der Waals surface area contributed by atoms with Crippen LogP contribution in [0.15, 0.2) is 42.5 Å². The van der Waals surface area contributed by atoms with Gasteiger partial charge in [-0.15, -0.1) is 0 Å². The number of alkyl halides is 3. The number of nitrogens with zero attached hydrogens (tertiary/aromatic N) is 1. The van der Waals surface area contributed by atoms with E-state index in [1.54, 1.807) is 0 Å². The Morgan fingerprint density at radius 2 is 1.82 bits per heavy atom. The lowest BCUT2D eigenvalue weighted by molar-refractivity contribution is -0.137. The number of ether oxygens (including phenoxy) is 1. The highest BCUT2D eigenvalue weighted by Gasteiger charge is 2.53. The third-order valence-corrected chi connectivity index (χ3v) is 5.34. The van der Waals surface area contributed by atoms with Gasteiger partial charge in [-0.3, -0.25) is 9.59 Å². The Bertz CT molecular complexity index is 956. The Labute approximate surface area is 158 Å². The molecule has 0 aromatic heterocycles. The molecule has 0 bridgehead atoms. The van der Waals surface area contributed by atoms with E-state index in [-0.39, 0.29) is 12.1 Å². The number of halogens is 3. The summed E-state index contributed by atoms with van der Waals surface area (Å²) in [6, 6.07) is 9.03. The molecule has 0 radical (unpaired) electrons. The number of aryl methyl sites for hydroxylation is 1. The van der Waals surface area contributed by atoms with Crippen LogP contribution in [0.5, 0.6) is 5.75 Å². The lowest BCUT2D eigenvalue weighted by Crippen LogP contribution is -2.34. The molecule has 2 N–H and O–H groups in total. The molecule has 0 spiro atoms. The van der Waals surface area contributed by atoms with Crippen LogP contribution in [0.25, 0.3) is 0 Å². The topological polar surface area (TPSA) is 72.6 Å². The van der Waals surface area contributed by atoms with Crippen LogP contribution >= 0.6 is 0 Å². The zero-order valence-corrected chi connectivity index (χ0v) is 14.9. The van der Waals surface area contributed by atoms with Crippen molar-refractivity contribution in [2.75, 3.05) is 6.54 Å². The Morgan fingerprint density at radius 1 is 1.14 bits per heavy atom. The van der Waals surface area contributed by atoms with Gasteiger partial charge in [0.25, 0.3) is 5.91 Å². The molecule has 0 aliphatic carbocycles. The zero-order chi connectivity index (χ0) is 20.2. The largest absolute Gasteiger partial charge is 0.486 e. The van der Waals surface area contributed by atoms with Crippen molar-refractivity contribution < 1.29 is 27.5 Å². The van der Waals surface area contributed by atoms with Crippen LogP contribution in [0.3, 0.4) is 0 Å². The maximum atomic E-state index is 13.1. The number of benzene rings is 2. The van der Waals surface area contributed by atoms with Crippen LogP contribution in [0, 0.1) is 12.8 Å². The van der Waals surface area contributed by atoms with Crippen LogP contribution in [-0.4, -0.2) is 29.4 Å². The minimum atomic E-state index is -4.48. The van der Waals surface area contributed by atoms with E-state index in [1.165, 1.54) is 4.90 Å². The lowest BCUT2D eigenvalue weighted by Gasteiger charge is -2.23. The molecule has 0 unspecified atom stereocenters. The number of hydrogen-bond acceptors (Lipinski definition) is 3. The molecule has 2 aliphatic heterocycles. The third kappa shape index (κ3) is 2.80. The standard InChI is InChI=1S/C20H17F3N2O3/c1-10-3-2-4-13-15-17(28-16(10)13)14(18(24)26)9-25(15)19(27)11-5-7-12(8-6-11)20(21,22)23/h2-8,14-15,17H,9H2,1H3,(H2,24,26)/t14-,15+,17+/m1/s1. The molecular formula is C20H17F3N2O3. The summed E-state index contributed by atoms with van der Waals surface area (Å²) in [4.78, 5) is 26.4. The highest BCUT2D eigenvalue weighted by Crippen LogP contribution is 2.49. The van der Waals surface area contributed by atoms with Gasteiger partial charge in [0.05, 0.1) is 17.5 Å². The molecule has 4 rings (SSSR count). The zero-order valence-electron chi connectivity index (χ0n) is 14.9. The molecule has 2 heterocycles. The lowest BCUT2D eigenvalue weighted by atomic mass is 9.97. The van der Waals surface area contributed by atoms with Crippen molar-refractivity contribution in [3.05, 3.63) is 64.7 Å². The SMILES string of the molecule is Cc1cccc2c1O[C@H]1[C@H](C(N)=O)CN(C(=O)c3ccc(C(F)(F)F)cc3)[C@@H]21. The summed E-state index contributed by atoms with van der Waals surface area (Å²) >= 11 is 0. The number of likely N-dealkylation sites (tertiary alicyclic amines) is 1. The number of rotatable bonds is 2. The second-order valence-electron chi connectivity index (χ2n) is 7.06. The Morgan fingerprint density at radius 3 is 2.43 bits per heavy atom. The first-order valence-electron chi connectivity index (χ1n) is 8.72. The number of carbonyl (C=O) groups excluding carboxylic acids is 2. The van der Waals surface area contributed by atoms with Gasteiger partial charge in [-0.2, -0.15) is 13.2 Å². The maximum absolute atomic E-state index is 13.1. The second-order valence-corrected chi connectivity index (χ2v) is 7.06. The Balaban J connectivity index is 1.70. The number of primary amides is 1. The molecule has 2 aromatic carbocycles. The van der Waals surface area contributed by atoms with E-state index in [1.807, 2.05) is 25.1 Å². The van der Waals surface area contributed by atoms with Crippen molar-refractivity contribution in [2.45, 2.75) is 25.2 Å². The molecule has 1 fully saturated rings. The van der Waals surface area contributed by atoms with Gasteiger partial charge in [0, 0.05) is 17.7 Å². The van der Waals surface area contributed by atoms with E-state index in [0.29, 0.717) is 5.75 Å². The number of carbonyl (C=O) groups is 2. The van der Waals surface area contributed by atoms with E-state index in [9.17, 15) is 22.8 Å². The number of fused-ring (bicyclic) bond motifs is 3. The molecule has 2 amide bonds. The summed E-state index contributed by atoms with van der Waals surface area (Å²) in [5.74, 6) is -1.13. The molecule has 5 nitrogen and oxygen atoms in total. The summed E-state index contributed by atoms with van der Waals surface area (Å²) < 4.78 is 44.3. The van der Waals surface area contributed by atoms with Crippen molar-refractivity contribution in [3.63, 3.8) is 0 Å². The minimum Gasteiger partial charge on any atom is -0.486 e. The van der Waals surface area contributed by atoms with Gasteiger partial charge in [-0.1, -0.05) is 18.2 Å². The third-order valence-electron chi connectivity index (χ3n) is 5.34. The maximum Gasteiger partial charge on any atom is 0.416 e. The van der Waals surface area contributed by atoms with Crippen LogP contribution in [-0.2, 0) is 11.0 Å². The average molecular weight is 390 g/mol. The quantitative estimate of drug-likeness (QED) is 0.857. The first kappa shape index (κ1) is 18.3. The van der Waals surface area contributed by atoms with E-state index in [4.69, 9.17) is 10.5 Å². The monoisotopic (exact) mass is 390 g/mol. The van der Waals surface area contributed by atoms with E-state index in [2.05, 4.69) is 0 Å². The first-order chi connectivity index (χ1) is 13.2. The summed E-state index contributed by atoms with van der Waals surface area (Å²) in [6.07, 6.45) is -5.08. The van der Waals surface area contributed by atoms with Crippen molar-refractivity contribution in [1.82, 2.24) is 4.90 Å². The van der Waals surface area contributed by atoms with Gasteiger partial charge in [0.2, 0.25) is 5.91 Å². The Kier molecular flexibility index (Phi) is 4.10. The number of nitrogens with two attached hydrogens (primary N) is 1. The van der Waals surface area contributed by atoms with Crippen LogP contribution in [0.2, 0.25) is 0 Å². The molecular weight excluding hydrogens is 373 g/mol. The fraction of sp³-hybridized carbons (Fsp3) is 0.300. The smallest absolute Gasteiger partial charge is 0.416 e. The van der Waals surface area contributed by atoms with Crippen LogP contribution in [0.4, 0.5) is 13.2 Å². The predicted molar refractivity (Wildman–Crippen MR) is 93.5 cm³/mol. The summed E-state index contributed by atoms with van der Waals surface area (Å²) in [5.41, 5.74) is 6.44. The predicted octanol–water partition coefficient (Wildman–Crippen LogP) is 3.07. The van der Waals surface area contributed by atoms with Crippen molar-refractivity contribution >= 4 is 11.8 Å². The summed E-state index contributed by atoms with van der Waals surface area (Å²) in [7, 11) is 0. The first-order valence-corrected chi connectivity index (χ1v) is 8.72. The molecule has 2 aromatic rings. The molecule has 1 saturated heterocycles. The van der Waals surface area contributed by atoms with Crippen molar-refractivity contribution in [2.24, 2.45) is 11.7 Å². The fourth-order valence-corrected chi connectivity index (χ4v) is 3.95. The fourth-order valence-electron chi connectivity index (χ4n) is 3.95. The molecule has 0 saturated carbocycles. The number of para-hydroxylation sites is 1. The molecule has 28 heavy (non-hydrogen) atoms. The van der Waals surface area contributed by atoms with Crippen LogP contribution in [0.1, 0.15) is 33.1 Å². The van der Waals surface area contributed by atoms with Gasteiger partial charge in [-0.25, -0.2) is 0 Å². The highest BCUT2D eigenvalue weighted by atomic mass is 19.4. The minimum absolute atomic E-state index is 0.0535. The van der Waals surface area contributed by atoms with E-state index < -0.39 is 41.6 Å². The average Bonchev–Trinajstić information content (AvgIpc) is 3.19. The van der Waals surface area contributed by atoms with Gasteiger partial charge in [0.15, 0.2) is 0 Å². The van der Waals surface area contributed by atoms with Crippen molar-refractivity contribution in [3.8, 4) is 5.75 Å². The second kappa shape index (κ2) is 6.25. The highest BCUT2D eigenvalue weighted by molar-refractivity contribution is 5.95. The van der Waals surface area contributed by atoms with E-state index in [0.717, 1.165) is 35.4 Å². The number of amides is 2. The summed E-state index contributed by atoms with van der Waals surface area (Å²) in [6.45, 7) is 1.92. The molecule has 2 aliphatic rings. The van der Waals surface area contributed by atoms with Gasteiger partial charge in [-0.05, 0) is 36.8 Å². The van der Waals surface area contributed by atoms with E-state index >= 15 is 0 Å². The molecule has 146 valence electrons. The summed E-state index contributed by atoms with van der Waals surface area (Å²) in [5, 5.41) is 0. The number of hydrogen-bond donors (Lipinski definition) is 1. The van der Waals surface area contributed by atoms with Gasteiger partial charge < -0.3 is 15.4 Å². The van der Waals surface area contributed by atoms with Crippen molar-refractivity contribution in [1.29, 1.82) is 0 Å². The van der Waals surface area contributed by atoms with Gasteiger partial charge in [0.1, 0.15) is 11.9 Å². The normalized spacial score (nSPS) is 23.1. The van der Waals surface area contributed by atoms with Gasteiger partial charge >= 0.3 is 6.18 Å². The molecule has 3 atom stereocenters. The molecule has 8 heteroatoms. The Hall–Kier alpha value is -3.03. The van der Waals surface area contributed by atoms with Crippen LogP contribution < -0.4 is 10.5 Å².